The molecule has 1 saturated heterocycles. The van der Waals surface area contributed by atoms with E-state index in [1.807, 2.05) is 13.8 Å². The Balaban J connectivity index is 1.33. The highest BCUT2D eigenvalue weighted by molar-refractivity contribution is 5.65. The van der Waals surface area contributed by atoms with E-state index in [-0.39, 0.29) is 10.8 Å². The number of pyridine rings is 1. The van der Waals surface area contributed by atoms with Crippen LogP contribution in [-0.4, -0.2) is 60.3 Å². The van der Waals surface area contributed by atoms with Crippen LogP contribution >= 0.6 is 0 Å². The average molecular weight is 509 g/mol. The van der Waals surface area contributed by atoms with Crippen LogP contribution < -0.4 is 10.2 Å². The fourth-order valence-electron chi connectivity index (χ4n) is 5.61. The lowest BCUT2D eigenvalue weighted by molar-refractivity contribution is -0.252. The molecule has 2 heterocycles. The van der Waals surface area contributed by atoms with Crippen molar-refractivity contribution in [2.75, 3.05) is 38.2 Å². The number of fused-ring (bicyclic) bond motifs is 1. The number of benzene rings is 1. The molecule has 204 valence electrons. The minimum absolute atomic E-state index is 0.199. The van der Waals surface area contributed by atoms with Gasteiger partial charge in [-0.2, -0.15) is 5.06 Å². The van der Waals surface area contributed by atoms with Gasteiger partial charge in [0.2, 0.25) is 0 Å². The maximum Gasteiger partial charge on any atom is 0.137 e. The van der Waals surface area contributed by atoms with Crippen LogP contribution in [0.1, 0.15) is 84.8 Å². The van der Waals surface area contributed by atoms with Gasteiger partial charge >= 0.3 is 0 Å². The third-order valence-corrected chi connectivity index (χ3v) is 8.69. The zero-order chi connectivity index (χ0) is 26.8. The fourth-order valence-corrected chi connectivity index (χ4v) is 5.61. The number of anilines is 1. The molecule has 4 rings (SSSR count). The SMILES string of the molecule is CN(O)C(C)(C)OCCCNC1CCN(c2cccc(-c3ccc4c(c3)C(C)(C)CCC4(C)C)n2)CC1. The Morgan fingerprint density at radius 3 is 2.41 bits per heavy atom. The summed E-state index contributed by atoms with van der Waals surface area (Å²) in [7, 11) is 1.62. The zero-order valence-corrected chi connectivity index (χ0v) is 24.1. The normalized spacial score (nSPS) is 19.8. The lowest BCUT2D eigenvalue weighted by atomic mass is 9.63. The first kappa shape index (κ1) is 28.0. The van der Waals surface area contributed by atoms with E-state index in [1.54, 1.807) is 7.05 Å². The van der Waals surface area contributed by atoms with Crippen LogP contribution in [0.25, 0.3) is 11.3 Å². The Morgan fingerprint density at radius 2 is 1.73 bits per heavy atom. The molecule has 0 amide bonds. The number of hydrogen-bond acceptors (Lipinski definition) is 6. The predicted octanol–water partition coefficient (Wildman–Crippen LogP) is 6.12. The lowest BCUT2D eigenvalue weighted by Crippen LogP contribution is -2.44. The molecule has 37 heavy (non-hydrogen) atoms. The summed E-state index contributed by atoms with van der Waals surface area (Å²) in [6.45, 7) is 16.8. The second-order valence-electron chi connectivity index (χ2n) is 12.8. The summed E-state index contributed by atoms with van der Waals surface area (Å²) in [6.07, 6.45) is 5.60. The van der Waals surface area contributed by atoms with E-state index < -0.39 is 5.72 Å². The number of hydroxylamine groups is 2. The van der Waals surface area contributed by atoms with Crippen molar-refractivity contribution in [3.05, 3.63) is 47.5 Å². The molecule has 2 N–H and O–H groups in total. The number of ether oxygens (including phenoxy) is 1. The van der Waals surface area contributed by atoms with Gasteiger partial charge in [-0.05, 0) is 92.7 Å². The molecule has 6 heteroatoms. The number of rotatable bonds is 9. The Labute approximate surface area is 224 Å². The van der Waals surface area contributed by atoms with Gasteiger partial charge in [0.05, 0.1) is 12.3 Å². The number of nitrogens with one attached hydrogen (secondary N) is 1. The standard InChI is InChI=1S/C31H48N4O2/c1-29(2)16-17-30(3,4)26-22-23(12-13-25(26)29)27-10-8-11-28(33-27)35-19-14-24(15-20-35)32-18-9-21-37-31(5,6)34(7)36/h8,10-13,22,24,32,36H,9,14-21H2,1-7H3. The van der Waals surface area contributed by atoms with Crippen molar-refractivity contribution in [2.24, 2.45) is 0 Å². The summed E-state index contributed by atoms with van der Waals surface area (Å²) in [6, 6.07) is 14.0. The molecular weight excluding hydrogens is 460 g/mol. The smallest absolute Gasteiger partial charge is 0.137 e. The first-order valence-corrected chi connectivity index (χ1v) is 14.1. The van der Waals surface area contributed by atoms with Crippen molar-refractivity contribution in [1.82, 2.24) is 15.4 Å². The Bertz CT molecular complexity index is 1050. The third kappa shape index (κ3) is 6.54. The quantitative estimate of drug-likeness (QED) is 0.242. The molecule has 0 saturated carbocycles. The molecule has 2 aromatic rings. The van der Waals surface area contributed by atoms with Crippen LogP contribution in [0.4, 0.5) is 5.82 Å². The number of aromatic nitrogens is 1. The molecule has 0 unspecified atom stereocenters. The van der Waals surface area contributed by atoms with E-state index in [0.29, 0.717) is 12.6 Å². The monoisotopic (exact) mass is 508 g/mol. The fraction of sp³-hybridized carbons (Fsp3) is 0.645. The van der Waals surface area contributed by atoms with Gasteiger partial charge in [0.15, 0.2) is 0 Å². The summed E-state index contributed by atoms with van der Waals surface area (Å²) >= 11 is 0. The van der Waals surface area contributed by atoms with Gasteiger partial charge in [-0.25, -0.2) is 4.98 Å². The molecule has 1 aromatic carbocycles. The third-order valence-electron chi connectivity index (χ3n) is 8.69. The molecule has 1 aliphatic heterocycles. The van der Waals surface area contributed by atoms with Crippen molar-refractivity contribution in [1.29, 1.82) is 0 Å². The number of piperidine rings is 1. The molecule has 1 fully saturated rings. The van der Waals surface area contributed by atoms with Gasteiger partial charge < -0.3 is 20.2 Å². The van der Waals surface area contributed by atoms with Gasteiger partial charge in [0, 0.05) is 31.7 Å². The van der Waals surface area contributed by atoms with Crippen LogP contribution in [0.5, 0.6) is 0 Å². The van der Waals surface area contributed by atoms with Gasteiger partial charge in [-0.1, -0.05) is 45.9 Å². The maximum absolute atomic E-state index is 9.61. The molecule has 1 aromatic heterocycles. The number of hydrogen-bond donors (Lipinski definition) is 2. The molecular formula is C31H48N4O2. The lowest BCUT2D eigenvalue weighted by Gasteiger charge is -2.42. The van der Waals surface area contributed by atoms with Crippen molar-refractivity contribution >= 4 is 5.82 Å². The Morgan fingerprint density at radius 1 is 1.05 bits per heavy atom. The van der Waals surface area contributed by atoms with Crippen molar-refractivity contribution in [3.8, 4) is 11.3 Å². The van der Waals surface area contributed by atoms with Crippen molar-refractivity contribution in [3.63, 3.8) is 0 Å². The molecule has 0 bridgehead atoms. The highest BCUT2D eigenvalue weighted by Gasteiger charge is 2.37. The van der Waals surface area contributed by atoms with Crippen molar-refractivity contribution in [2.45, 2.75) is 96.2 Å². The molecule has 2 aliphatic rings. The highest BCUT2D eigenvalue weighted by atomic mass is 16.6. The first-order chi connectivity index (χ1) is 17.4. The van der Waals surface area contributed by atoms with Gasteiger partial charge in [0.25, 0.3) is 0 Å². The topological polar surface area (TPSA) is 60.9 Å². The molecule has 0 radical (unpaired) electrons. The zero-order valence-electron chi connectivity index (χ0n) is 24.1. The van der Waals surface area contributed by atoms with Crippen LogP contribution in [-0.2, 0) is 15.6 Å². The largest absolute Gasteiger partial charge is 0.359 e. The van der Waals surface area contributed by atoms with Crippen molar-refractivity contribution < 1.29 is 9.94 Å². The average Bonchev–Trinajstić information content (AvgIpc) is 2.87. The van der Waals surface area contributed by atoms with E-state index in [0.717, 1.165) is 55.5 Å². The number of nitrogens with zero attached hydrogens (tertiary/aromatic N) is 3. The van der Waals surface area contributed by atoms with Gasteiger partial charge in [-0.3, -0.25) is 0 Å². The maximum atomic E-state index is 9.61. The first-order valence-electron chi connectivity index (χ1n) is 14.1. The second kappa shape index (κ2) is 11.0. The van der Waals surface area contributed by atoms with Crippen LogP contribution in [0.2, 0.25) is 0 Å². The van der Waals surface area contributed by atoms with Crippen LogP contribution in [0, 0.1) is 0 Å². The van der Waals surface area contributed by atoms with E-state index in [9.17, 15) is 5.21 Å². The Kier molecular flexibility index (Phi) is 8.34. The van der Waals surface area contributed by atoms with E-state index in [1.165, 1.54) is 29.5 Å². The summed E-state index contributed by atoms with van der Waals surface area (Å²) in [5.41, 5.74) is 5.05. The summed E-state index contributed by atoms with van der Waals surface area (Å²) in [5.74, 6) is 1.08. The molecule has 6 nitrogen and oxygen atoms in total. The van der Waals surface area contributed by atoms with E-state index in [4.69, 9.17) is 9.72 Å². The van der Waals surface area contributed by atoms with Crippen LogP contribution in [0.15, 0.2) is 36.4 Å². The second-order valence-corrected chi connectivity index (χ2v) is 12.8. The Hall–Kier alpha value is -1.99. The highest BCUT2D eigenvalue weighted by Crippen LogP contribution is 2.46. The minimum atomic E-state index is -0.654. The molecule has 1 aliphatic carbocycles. The summed E-state index contributed by atoms with van der Waals surface area (Å²) < 4.78 is 5.77. The molecule has 0 spiro atoms. The van der Waals surface area contributed by atoms with Crippen LogP contribution in [0.3, 0.4) is 0 Å². The molecule has 0 atom stereocenters. The van der Waals surface area contributed by atoms with Gasteiger partial charge in [0.1, 0.15) is 11.5 Å². The summed E-state index contributed by atoms with van der Waals surface area (Å²) in [5, 5.41) is 14.4. The van der Waals surface area contributed by atoms with E-state index >= 15 is 0 Å². The van der Waals surface area contributed by atoms with Gasteiger partial charge in [-0.15, -0.1) is 0 Å². The predicted molar refractivity (Wildman–Crippen MR) is 152 cm³/mol. The van der Waals surface area contributed by atoms with E-state index in [2.05, 4.69) is 74.3 Å². The summed E-state index contributed by atoms with van der Waals surface area (Å²) in [4.78, 5) is 7.54. The minimum Gasteiger partial charge on any atom is -0.359 e.